The number of aromatic amines is 1. The lowest BCUT2D eigenvalue weighted by atomic mass is 10.1. The molecule has 5 rings (SSSR count). The number of aromatic nitrogens is 4. The maximum Gasteiger partial charge on any atom is 0.251 e. The lowest BCUT2D eigenvalue weighted by molar-refractivity contribution is 0.0954. The molecule has 1 amide bonds. The maximum atomic E-state index is 12.5. The van der Waals surface area contributed by atoms with E-state index < -0.39 is 0 Å². The van der Waals surface area contributed by atoms with Gasteiger partial charge in [0.05, 0.1) is 22.9 Å². The SMILES string of the molecule is O=C(NCCc1cnn(-c2ccccc2)c1)c1ccc(CSc2nc3ccccc3[nH]2)cc1. The van der Waals surface area contributed by atoms with Crippen LogP contribution < -0.4 is 5.32 Å². The van der Waals surface area contributed by atoms with Crippen LogP contribution in [-0.4, -0.2) is 32.2 Å². The number of amides is 1. The summed E-state index contributed by atoms with van der Waals surface area (Å²) in [6.45, 7) is 0.559. The van der Waals surface area contributed by atoms with Crippen molar-refractivity contribution >= 4 is 28.7 Å². The number of hydrogen-bond acceptors (Lipinski definition) is 4. The van der Waals surface area contributed by atoms with Gasteiger partial charge >= 0.3 is 0 Å². The lowest BCUT2D eigenvalue weighted by Gasteiger charge is -2.06. The van der Waals surface area contributed by atoms with Gasteiger partial charge in [0.1, 0.15) is 0 Å². The van der Waals surface area contributed by atoms with E-state index in [9.17, 15) is 4.79 Å². The average Bonchev–Trinajstić information content (AvgIpc) is 3.50. The van der Waals surface area contributed by atoms with Crippen LogP contribution in [0, 0.1) is 0 Å². The standard InChI is InChI=1S/C26H23N5OS/c32-25(27-15-14-20-16-28-31(17-20)22-6-2-1-3-7-22)21-12-10-19(11-13-21)18-33-26-29-23-8-4-5-9-24(23)30-26/h1-13,16-17H,14-15,18H2,(H,27,32)(H,29,30). The number of fused-ring (bicyclic) bond motifs is 1. The van der Waals surface area contributed by atoms with E-state index in [0.717, 1.165) is 45.2 Å². The molecule has 0 aliphatic heterocycles. The van der Waals surface area contributed by atoms with Gasteiger partial charge in [-0.3, -0.25) is 4.79 Å². The van der Waals surface area contributed by atoms with Crippen LogP contribution in [0.5, 0.6) is 0 Å². The number of hydrogen-bond donors (Lipinski definition) is 2. The van der Waals surface area contributed by atoms with E-state index in [1.54, 1.807) is 11.8 Å². The summed E-state index contributed by atoms with van der Waals surface area (Å²) < 4.78 is 1.85. The van der Waals surface area contributed by atoms with Gasteiger partial charge in [-0.25, -0.2) is 9.67 Å². The minimum atomic E-state index is -0.0676. The van der Waals surface area contributed by atoms with E-state index in [0.29, 0.717) is 12.1 Å². The molecule has 0 bridgehead atoms. The maximum absolute atomic E-state index is 12.5. The Morgan fingerprint density at radius 1 is 0.939 bits per heavy atom. The smallest absolute Gasteiger partial charge is 0.251 e. The molecule has 0 atom stereocenters. The van der Waals surface area contributed by atoms with Gasteiger partial charge in [0, 0.05) is 24.1 Å². The normalized spacial score (nSPS) is 11.0. The molecule has 2 N–H and O–H groups in total. The van der Waals surface area contributed by atoms with Crippen molar-refractivity contribution in [3.63, 3.8) is 0 Å². The Bertz CT molecular complexity index is 1330. The Morgan fingerprint density at radius 2 is 1.73 bits per heavy atom. The molecule has 6 nitrogen and oxygen atoms in total. The fourth-order valence-corrected chi connectivity index (χ4v) is 4.38. The number of carbonyl (C=O) groups is 1. The summed E-state index contributed by atoms with van der Waals surface area (Å²) in [7, 11) is 0. The van der Waals surface area contributed by atoms with E-state index in [4.69, 9.17) is 0 Å². The number of nitrogens with zero attached hydrogens (tertiary/aromatic N) is 3. The van der Waals surface area contributed by atoms with Crippen LogP contribution in [0.15, 0.2) is 96.4 Å². The Morgan fingerprint density at radius 3 is 2.55 bits per heavy atom. The van der Waals surface area contributed by atoms with Gasteiger partial charge in [-0.1, -0.05) is 54.2 Å². The molecule has 0 spiro atoms. The third-order valence-corrected chi connectivity index (χ3v) is 6.26. The van der Waals surface area contributed by atoms with E-state index in [-0.39, 0.29) is 5.91 Å². The molecular weight excluding hydrogens is 430 g/mol. The zero-order valence-corrected chi connectivity index (χ0v) is 18.8. The van der Waals surface area contributed by atoms with Crippen molar-refractivity contribution in [1.29, 1.82) is 0 Å². The molecule has 164 valence electrons. The number of benzene rings is 3. The highest BCUT2D eigenvalue weighted by atomic mass is 32.2. The Balaban J connectivity index is 1.10. The summed E-state index contributed by atoms with van der Waals surface area (Å²) >= 11 is 1.65. The van der Waals surface area contributed by atoms with Crippen LogP contribution in [0.3, 0.4) is 0 Å². The first-order chi connectivity index (χ1) is 16.2. The van der Waals surface area contributed by atoms with Gasteiger partial charge in [0.2, 0.25) is 0 Å². The summed E-state index contributed by atoms with van der Waals surface area (Å²) in [5.41, 5.74) is 5.92. The summed E-state index contributed by atoms with van der Waals surface area (Å²) in [5, 5.41) is 8.29. The molecule has 0 aliphatic rings. The summed E-state index contributed by atoms with van der Waals surface area (Å²) in [6.07, 6.45) is 4.56. The number of carbonyl (C=O) groups excluding carboxylic acids is 1. The number of para-hydroxylation sites is 3. The van der Waals surface area contributed by atoms with Crippen molar-refractivity contribution in [2.75, 3.05) is 6.54 Å². The number of rotatable bonds is 8. The molecule has 0 saturated carbocycles. The highest BCUT2D eigenvalue weighted by Gasteiger charge is 2.07. The lowest BCUT2D eigenvalue weighted by Crippen LogP contribution is -2.25. The third-order valence-electron chi connectivity index (χ3n) is 5.32. The first-order valence-electron chi connectivity index (χ1n) is 10.8. The minimum absolute atomic E-state index is 0.0676. The van der Waals surface area contributed by atoms with Crippen LogP contribution in [0.25, 0.3) is 16.7 Å². The summed E-state index contributed by atoms with van der Waals surface area (Å²) in [6, 6.07) is 25.7. The molecule has 2 heterocycles. The number of thioether (sulfide) groups is 1. The van der Waals surface area contributed by atoms with Gasteiger partial charge in [0.25, 0.3) is 5.91 Å². The largest absolute Gasteiger partial charge is 0.352 e. The molecular formula is C26H23N5OS. The second-order valence-electron chi connectivity index (χ2n) is 7.68. The van der Waals surface area contributed by atoms with Crippen LogP contribution in [0.2, 0.25) is 0 Å². The van der Waals surface area contributed by atoms with Crippen LogP contribution in [0.4, 0.5) is 0 Å². The van der Waals surface area contributed by atoms with E-state index in [1.807, 2.05) is 95.9 Å². The second-order valence-corrected chi connectivity index (χ2v) is 8.64. The van der Waals surface area contributed by atoms with Crippen molar-refractivity contribution in [2.24, 2.45) is 0 Å². The molecule has 0 fully saturated rings. The van der Waals surface area contributed by atoms with Gasteiger partial charge in [0.15, 0.2) is 5.16 Å². The van der Waals surface area contributed by atoms with Crippen molar-refractivity contribution in [1.82, 2.24) is 25.1 Å². The van der Waals surface area contributed by atoms with Crippen LogP contribution >= 0.6 is 11.8 Å². The first-order valence-corrected chi connectivity index (χ1v) is 11.8. The number of imidazole rings is 1. The molecule has 0 radical (unpaired) electrons. The second kappa shape index (κ2) is 9.75. The zero-order valence-electron chi connectivity index (χ0n) is 17.9. The van der Waals surface area contributed by atoms with Gasteiger partial charge in [-0.2, -0.15) is 5.10 Å². The predicted octanol–water partition coefficient (Wildman–Crippen LogP) is 5.01. The molecule has 3 aromatic carbocycles. The van der Waals surface area contributed by atoms with Gasteiger partial charge in [-0.15, -0.1) is 0 Å². The fourth-order valence-electron chi connectivity index (χ4n) is 3.54. The topological polar surface area (TPSA) is 75.6 Å². The Hall–Kier alpha value is -3.84. The van der Waals surface area contributed by atoms with Crippen LogP contribution in [0.1, 0.15) is 21.5 Å². The molecule has 5 aromatic rings. The molecule has 0 saturated heterocycles. The van der Waals surface area contributed by atoms with Crippen molar-refractivity contribution in [2.45, 2.75) is 17.3 Å². The molecule has 2 aromatic heterocycles. The Kier molecular flexibility index (Phi) is 6.21. The van der Waals surface area contributed by atoms with Gasteiger partial charge < -0.3 is 10.3 Å². The number of nitrogens with one attached hydrogen (secondary N) is 2. The van der Waals surface area contributed by atoms with E-state index in [1.165, 1.54) is 0 Å². The highest BCUT2D eigenvalue weighted by molar-refractivity contribution is 7.98. The summed E-state index contributed by atoms with van der Waals surface area (Å²) in [4.78, 5) is 20.4. The van der Waals surface area contributed by atoms with E-state index in [2.05, 4.69) is 20.4 Å². The molecule has 7 heteroatoms. The molecule has 0 unspecified atom stereocenters. The first kappa shape index (κ1) is 21.0. The van der Waals surface area contributed by atoms with E-state index >= 15 is 0 Å². The molecule has 0 aliphatic carbocycles. The van der Waals surface area contributed by atoms with Crippen LogP contribution in [-0.2, 0) is 12.2 Å². The monoisotopic (exact) mass is 453 g/mol. The predicted molar refractivity (Wildman–Crippen MR) is 132 cm³/mol. The highest BCUT2D eigenvalue weighted by Crippen LogP contribution is 2.23. The number of H-pyrrole nitrogens is 1. The Labute approximate surface area is 196 Å². The summed E-state index contributed by atoms with van der Waals surface area (Å²) in [5.74, 6) is 0.717. The van der Waals surface area contributed by atoms with Crippen molar-refractivity contribution in [3.05, 3.63) is 108 Å². The fraction of sp³-hybridized carbons (Fsp3) is 0.115. The van der Waals surface area contributed by atoms with Gasteiger partial charge in [-0.05, 0) is 53.9 Å². The minimum Gasteiger partial charge on any atom is -0.352 e. The van der Waals surface area contributed by atoms with Crippen molar-refractivity contribution < 1.29 is 4.79 Å². The average molecular weight is 454 g/mol. The van der Waals surface area contributed by atoms with Crippen molar-refractivity contribution in [3.8, 4) is 5.69 Å². The molecule has 33 heavy (non-hydrogen) atoms. The third kappa shape index (κ3) is 5.15. The zero-order chi connectivity index (χ0) is 22.5. The quantitative estimate of drug-likeness (QED) is 0.324.